The fraction of sp³-hybridized carbons (Fsp3) is 0.333. The van der Waals surface area contributed by atoms with Crippen LogP contribution < -0.4 is 4.74 Å². The van der Waals surface area contributed by atoms with Crippen LogP contribution in [-0.4, -0.2) is 11.0 Å². The summed E-state index contributed by atoms with van der Waals surface area (Å²) in [4.78, 5) is 9.97. The summed E-state index contributed by atoms with van der Waals surface area (Å²) in [6.07, 6.45) is 2.03. The smallest absolute Gasteiger partial charge is 0.239 e. The van der Waals surface area contributed by atoms with Crippen LogP contribution in [0.4, 0.5) is 0 Å². The van der Waals surface area contributed by atoms with E-state index in [1.807, 2.05) is 37.3 Å². The minimum Gasteiger partial charge on any atom is -0.490 e. The summed E-state index contributed by atoms with van der Waals surface area (Å²) in [6, 6.07) is 9.41. The van der Waals surface area contributed by atoms with Gasteiger partial charge in [-0.15, -0.1) is 0 Å². The molecule has 1 aromatic rings. The quantitative estimate of drug-likeness (QED) is 0.567. The molecule has 1 rings (SSSR count). The normalized spacial score (nSPS) is 13.2. The molecule has 0 aliphatic heterocycles. The largest absolute Gasteiger partial charge is 0.490 e. The highest BCUT2D eigenvalue weighted by atomic mass is 16.6. The maximum Gasteiger partial charge on any atom is 0.239 e. The number of hydrogen-bond donors (Lipinski definition) is 0. The lowest BCUT2D eigenvalue weighted by molar-refractivity contribution is -0.424. The predicted molar refractivity (Wildman–Crippen MR) is 61.9 cm³/mol. The minimum atomic E-state index is -0.394. The summed E-state index contributed by atoms with van der Waals surface area (Å²) in [5.74, 6) is 0.780. The molecule has 1 atom stereocenters. The van der Waals surface area contributed by atoms with Crippen molar-refractivity contribution in [2.75, 3.05) is 0 Å². The van der Waals surface area contributed by atoms with E-state index in [-0.39, 0.29) is 11.8 Å². The van der Waals surface area contributed by atoms with Crippen molar-refractivity contribution < 1.29 is 9.66 Å². The highest BCUT2D eigenvalue weighted by Crippen LogP contribution is 2.13. The van der Waals surface area contributed by atoms with Gasteiger partial charge in [0.2, 0.25) is 5.70 Å². The monoisotopic (exact) mass is 221 g/mol. The lowest BCUT2D eigenvalue weighted by Crippen LogP contribution is -2.11. The van der Waals surface area contributed by atoms with E-state index < -0.39 is 4.92 Å². The topological polar surface area (TPSA) is 52.4 Å². The van der Waals surface area contributed by atoms with Crippen LogP contribution in [0.25, 0.3) is 0 Å². The van der Waals surface area contributed by atoms with E-state index in [4.69, 9.17) is 4.74 Å². The maximum absolute atomic E-state index is 10.4. The minimum absolute atomic E-state index is 0.0719. The van der Waals surface area contributed by atoms with Gasteiger partial charge in [-0.2, -0.15) is 0 Å². The van der Waals surface area contributed by atoms with Gasteiger partial charge < -0.3 is 4.74 Å². The number of nitro groups is 1. The summed E-state index contributed by atoms with van der Waals surface area (Å²) in [5, 5.41) is 10.4. The van der Waals surface area contributed by atoms with Gasteiger partial charge in [0.1, 0.15) is 5.75 Å². The Hall–Kier alpha value is -1.84. The molecular formula is C12H15NO3. The van der Waals surface area contributed by atoms with Crippen LogP contribution in [0.1, 0.15) is 20.3 Å². The second-order valence-corrected chi connectivity index (χ2v) is 3.58. The second kappa shape index (κ2) is 5.90. The molecule has 4 nitrogen and oxygen atoms in total. The second-order valence-electron chi connectivity index (χ2n) is 3.58. The molecule has 1 aromatic carbocycles. The molecule has 0 N–H and O–H groups in total. The summed E-state index contributed by atoms with van der Waals surface area (Å²) in [5.41, 5.74) is 0.156. The predicted octanol–water partition coefficient (Wildman–Crippen LogP) is 3.02. The molecular weight excluding hydrogens is 206 g/mol. The molecule has 16 heavy (non-hydrogen) atoms. The molecule has 0 bridgehead atoms. The van der Waals surface area contributed by atoms with Crippen molar-refractivity contribution in [1.82, 2.24) is 0 Å². The van der Waals surface area contributed by atoms with Crippen LogP contribution in [-0.2, 0) is 0 Å². The van der Waals surface area contributed by atoms with E-state index in [1.54, 1.807) is 6.08 Å². The Morgan fingerprint density at radius 2 is 2.12 bits per heavy atom. The maximum atomic E-state index is 10.4. The molecule has 4 heteroatoms. The van der Waals surface area contributed by atoms with Crippen molar-refractivity contribution in [2.24, 2.45) is 0 Å². The summed E-state index contributed by atoms with van der Waals surface area (Å²) in [7, 11) is 0. The zero-order valence-electron chi connectivity index (χ0n) is 9.42. The van der Waals surface area contributed by atoms with Crippen LogP contribution in [0.3, 0.4) is 0 Å². The van der Waals surface area contributed by atoms with Crippen LogP contribution in [0.5, 0.6) is 5.75 Å². The van der Waals surface area contributed by atoms with E-state index in [0.717, 1.165) is 5.75 Å². The van der Waals surface area contributed by atoms with E-state index in [1.165, 1.54) is 6.92 Å². The van der Waals surface area contributed by atoms with Gasteiger partial charge in [-0.3, -0.25) is 10.1 Å². The Balaban J connectivity index is 2.46. The molecule has 0 aromatic heterocycles. The highest BCUT2D eigenvalue weighted by Gasteiger charge is 2.05. The van der Waals surface area contributed by atoms with Crippen molar-refractivity contribution in [2.45, 2.75) is 26.4 Å². The van der Waals surface area contributed by atoms with Gasteiger partial charge in [-0.05, 0) is 25.1 Å². The van der Waals surface area contributed by atoms with Crippen molar-refractivity contribution >= 4 is 0 Å². The molecule has 0 fully saturated rings. The van der Waals surface area contributed by atoms with Crippen LogP contribution in [0.15, 0.2) is 42.1 Å². The third-order valence-corrected chi connectivity index (χ3v) is 2.11. The number of rotatable bonds is 5. The molecule has 0 radical (unpaired) electrons. The van der Waals surface area contributed by atoms with Crippen LogP contribution in [0, 0.1) is 10.1 Å². The van der Waals surface area contributed by atoms with E-state index >= 15 is 0 Å². The van der Waals surface area contributed by atoms with Crippen LogP contribution >= 0.6 is 0 Å². The summed E-state index contributed by atoms with van der Waals surface area (Å²) < 4.78 is 5.58. The zero-order chi connectivity index (χ0) is 12.0. The molecule has 0 amide bonds. The Labute approximate surface area is 94.7 Å². The number of hydrogen-bond acceptors (Lipinski definition) is 3. The molecule has 0 spiro atoms. The third kappa shape index (κ3) is 4.13. The van der Waals surface area contributed by atoms with Gasteiger partial charge in [0.15, 0.2) is 0 Å². The molecule has 0 saturated heterocycles. The molecule has 1 unspecified atom stereocenters. The average molecular weight is 221 g/mol. The number of nitrogens with zero attached hydrogens (tertiary/aromatic N) is 1. The lowest BCUT2D eigenvalue weighted by Gasteiger charge is -2.12. The van der Waals surface area contributed by atoms with Crippen molar-refractivity contribution in [3.8, 4) is 5.75 Å². The first-order chi connectivity index (χ1) is 7.59. The molecule has 0 aliphatic carbocycles. The lowest BCUT2D eigenvalue weighted by atomic mass is 10.2. The van der Waals surface area contributed by atoms with Gasteiger partial charge in [0.05, 0.1) is 11.0 Å². The number of para-hydroxylation sites is 1. The molecule has 0 aliphatic rings. The van der Waals surface area contributed by atoms with Crippen molar-refractivity contribution in [3.05, 3.63) is 52.2 Å². The van der Waals surface area contributed by atoms with Gasteiger partial charge in [-0.1, -0.05) is 18.2 Å². The van der Waals surface area contributed by atoms with E-state index in [9.17, 15) is 10.1 Å². The van der Waals surface area contributed by atoms with E-state index in [2.05, 4.69) is 0 Å². The number of ether oxygens (including phenoxy) is 1. The van der Waals surface area contributed by atoms with Gasteiger partial charge in [-0.25, -0.2) is 0 Å². The molecule has 86 valence electrons. The fourth-order valence-electron chi connectivity index (χ4n) is 1.19. The SMILES string of the molecule is C/C(=C/CC(C)Oc1ccccc1)[N+](=O)[O-]. The first-order valence-corrected chi connectivity index (χ1v) is 5.12. The number of benzene rings is 1. The third-order valence-electron chi connectivity index (χ3n) is 2.11. The average Bonchev–Trinajstić information content (AvgIpc) is 2.27. The summed E-state index contributed by atoms with van der Waals surface area (Å²) in [6.45, 7) is 3.37. The standard InChI is InChI=1S/C12H15NO3/c1-10(13(14)15)8-9-11(2)16-12-6-4-3-5-7-12/h3-8,11H,9H2,1-2H3/b10-8-. The van der Waals surface area contributed by atoms with Crippen molar-refractivity contribution in [3.63, 3.8) is 0 Å². The van der Waals surface area contributed by atoms with E-state index in [0.29, 0.717) is 6.42 Å². The Kier molecular flexibility index (Phi) is 4.51. The van der Waals surface area contributed by atoms with Crippen molar-refractivity contribution in [1.29, 1.82) is 0 Å². The fourth-order valence-corrected chi connectivity index (χ4v) is 1.19. The summed E-state index contributed by atoms with van der Waals surface area (Å²) >= 11 is 0. The van der Waals surface area contributed by atoms with Gasteiger partial charge >= 0.3 is 0 Å². The van der Waals surface area contributed by atoms with Crippen LogP contribution in [0.2, 0.25) is 0 Å². The van der Waals surface area contributed by atoms with Gasteiger partial charge in [0.25, 0.3) is 0 Å². The Morgan fingerprint density at radius 1 is 1.50 bits per heavy atom. The first-order valence-electron chi connectivity index (χ1n) is 5.12. The Bertz CT molecular complexity index is 373. The number of allylic oxidation sites excluding steroid dienone is 1. The molecule has 0 heterocycles. The molecule has 0 saturated carbocycles. The highest BCUT2D eigenvalue weighted by molar-refractivity contribution is 5.21. The Morgan fingerprint density at radius 3 is 2.69 bits per heavy atom. The first kappa shape index (κ1) is 12.2. The van der Waals surface area contributed by atoms with Gasteiger partial charge in [0, 0.05) is 13.3 Å². The zero-order valence-corrected chi connectivity index (χ0v) is 9.42.